The van der Waals surface area contributed by atoms with Crippen molar-refractivity contribution in [3.63, 3.8) is 0 Å². The normalized spacial score (nSPS) is 14.7. The summed E-state index contributed by atoms with van der Waals surface area (Å²) >= 11 is 0. The average Bonchev–Trinajstić information content (AvgIpc) is 4.20. The highest BCUT2D eigenvalue weighted by Crippen LogP contribution is 2.39. The van der Waals surface area contributed by atoms with Gasteiger partial charge in [-0.05, 0) is 74.6 Å². The van der Waals surface area contributed by atoms with Crippen LogP contribution in [-0.2, 0) is 49.1 Å². The largest absolute Gasteiger partial charge is 0.534 e. The van der Waals surface area contributed by atoms with E-state index in [-0.39, 0.29) is 33.7 Å². The number of nitrogens with one attached hydrogen (secondary N) is 2. The van der Waals surface area contributed by atoms with Crippen LogP contribution < -0.4 is 18.0 Å². The number of rotatable bonds is 10. The Labute approximate surface area is 439 Å². The Morgan fingerprint density at radius 3 is 1.37 bits per heavy atom. The fourth-order valence-corrected chi connectivity index (χ4v) is 8.32. The number of carbonyl (C=O) groups is 2. The van der Waals surface area contributed by atoms with E-state index in [9.17, 15) is 74.4 Å². The first-order valence-electron chi connectivity index (χ1n) is 21.8. The quantitative estimate of drug-likeness (QED) is 0.0429. The number of esters is 2. The highest BCUT2D eigenvalue weighted by Gasteiger charge is 2.53. The number of pyridine rings is 4. The molecule has 2 aromatic carbocycles. The average molecular weight is 1180 g/mol. The van der Waals surface area contributed by atoms with Gasteiger partial charge in [0, 0.05) is 46.8 Å². The number of fused-ring (bicyclic) bond motifs is 6. The van der Waals surface area contributed by atoms with Gasteiger partial charge in [-0.2, -0.15) is 64.8 Å². The predicted molar refractivity (Wildman–Crippen MR) is 260 cm³/mol. The van der Waals surface area contributed by atoms with Gasteiger partial charge in [-0.1, -0.05) is 24.3 Å². The van der Waals surface area contributed by atoms with Crippen LogP contribution in [0.15, 0.2) is 97.6 Å². The van der Waals surface area contributed by atoms with Crippen LogP contribution in [0.4, 0.5) is 39.5 Å². The number of methoxy groups -OCH3 is 2. The maximum Gasteiger partial charge on any atom is 0.534 e. The third kappa shape index (κ3) is 12.3. The molecule has 1 aliphatic heterocycles. The van der Waals surface area contributed by atoms with Crippen molar-refractivity contribution >= 4 is 98.7 Å². The van der Waals surface area contributed by atoms with Crippen molar-refractivity contribution in [3.8, 4) is 28.6 Å². The van der Waals surface area contributed by atoms with E-state index in [1.54, 1.807) is 42.5 Å². The summed E-state index contributed by atoms with van der Waals surface area (Å²) in [6, 6.07) is 17.7. The van der Waals surface area contributed by atoms with Crippen LogP contribution in [0.3, 0.4) is 0 Å². The first kappa shape index (κ1) is 58.9. The van der Waals surface area contributed by atoms with Gasteiger partial charge in [0.2, 0.25) is 11.8 Å². The Morgan fingerprint density at radius 2 is 0.937 bits per heavy atom. The molecular weight excluding hydrogens is 1140 g/mol. The van der Waals surface area contributed by atoms with Crippen LogP contribution in [0, 0.1) is 0 Å². The highest BCUT2D eigenvalue weighted by atomic mass is 32.2. The van der Waals surface area contributed by atoms with E-state index in [2.05, 4.69) is 51.9 Å². The van der Waals surface area contributed by atoms with E-state index in [1.807, 2.05) is 39.8 Å². The van der Waals surface area contributed by atoms with E-state index in [0.717, 1.165) is 36.2 Å². The molecule has 8 aromatic rings. The van der Waals surface area contributed by atoms with Crippen molar-refractivity contribution in [1.82, 2.24) is 29.9 Å². The first-order chi connectivity index (χ1) is 36.5. The van der Waals surface area contributed by atoms with Crippen molar-refractivity contribution in [3.05, 3.63) is 109 Å². The summed E-state index contributed by atoms with van der Waals surface area (Å²) in [5, 5.41) is 0.215. The minimum Gasteiger partial charge on any atom is -0.465 e. The molecule has 0 radical (unpaired) electrons. The van der Waals surface area contributed by atoms with Gasteiger partial charge >= 0.3 is 65.9 Å². The number of hydrogen-bond acceptors (Lipinski definition) is 19. The molecule has 34 heteroatoms. The zero-order valence-electron chi connectivity index (χ0n) is 40.9. The summed E-state index contributed by atoms with van der Waals surface area (Å²) in [6.45, 7) is 8.04. The molecule has 0 saturated carbocycles. The lowest BCUT2D eigenvalue weighted by atomic mass is 9.79. The number of nitrogens with zero attached hydrogens (tertiary/aromatic N) is 4. The number of aromatic amines is 2. The van der Waals surface area contributed by atoms with Gasteiger partial charge < -0.3 is 41.3 Å². The van der Waals surface area contributed by atoms with E-state index >= 15 is 0 Å². The maximum absolute atomic E-state index is 12.6. The van der Waals surface area contributed by atoms with Crippen molar-refractivity contribution in [2.45, 2.75) is 55.4 Å². The fraction of sp³-hybridized carbons (Fsp3) is 0.244. The zero-order chi connectivity index (χ0) is 58.5. The number of H-pyrrole nitrogens is 2. The molecule has 420 valence electrons. The number of alkyl halides is 9. The van der Waals surface area contributed by atoms with Crippen LogP contribution in [0.2, 0.25) is 0 Å². The van der Waals surface area contributed by atoms with Crippen LogP contribution in [0.25, 0.3) is 55.0 Å². The van der Waals surface area contributed by atoms with Crippen molar-refractivity contribution in [2.24, 2.45) is 0 Å². The third-order valence-electron chi connectivity index (χ3n) is 11.6. The molecule has 6 aromatic heterocycles. The topological polar surface area (TPSA) is 284 Å². The number of aromatic nitrogens is 6. The summed E-state index contributed by atoms with van der Waals surface area (Å²) in [4.78, 5) is 43.4. The summed E-state index contributed by atoms with van der Waals surface area (Å²) in [7, 11) is -15.8. The van der Waals surface area contributed by atoms with E-state index in [1.165, 1.54) is 20.4 Å². The minimum absolute atomic E-state index is 0.0373. The Kier molecular flexibility index (Phi) is 15.7. The minimum atomic E-state index is -6.08. The van der Waals surface area contributed by atoms with Crippen LogP contribution in [0.1, 0.15) is 48.4 Å². The van der Waals surface area contributed by atoms with Crippen LogP contribution >= 0.6 is 0 Å². The van der Waals surface area contributed by atoms with Gasteiger partial charge in [-0.25, -0.2) is 29.5 Å². The Bertz CT molecular complexity index is 3980. The van der Waals surface area contributed by atoms with Gasteiger partial charge in [0.25, 0.3) is 0 Å². The maximum atomic E-state index is 12.6. The Hall–Kier alpha value is -7.82. The molecule has 0 aliphatic carbocycles. The van der Waals surface area contributed by atoms with Gasteiger partial charge in [0.1, 0.15) is 11.3 Å². The predicted octanol–water partition coefficient (Wildman–Crippen LogP) is 8.13. The van der Waals surface area contributed by atoms with Gasteiger partial charge in [-0.15, -0.1) is 0 Å². The molecule has 79 heavy (non-hydrogen) atoms. The van der Waals surface area contributed by atoms with Crippen molar-refractivity contribution < 1.29 is 106 Å². The zero-order valence-corrected chi connectivity index (χ0v) is 43.3. The molecule has 0 atom stereocenters. The van der Waals surface area contributed by atoms with Gasteiger partial charge in [0.15, 0.2) is 5.75 Å². The molecule has 21 nitrogen and oxygen atoms in total. The fourth-order valence-electron chi connectivity index (χ4n) is 7.03. The third-order valence-corrected chi connectivity index (χ3v) is 14.5. The number of carbonyl (C=O) groups excluding carboxylic acids is 2. The second-order valence-corrected chi connectivity index (χ2v) is 21.8. The molecule has 0 amide bonds. The van der Waals surface area contributed by atoms with Crippen LogP contribution in [0.5, 0.6) is 17.5 Å². The summed E-state index contributed by atoms with van der Waals surface area (Å²) in [5.41, 5.74) is -14.2. The lowest BCUT2D eigenvalue weighted by molar-refractivity contribution is -0.0506. The van der Waals surface area contributed by atoms with Crippen molar-refractivity contribution in [2.75, 3.05) is 14.2 Å². The van der Waals surface area contributed by atoms with Crippen molar-refractivity contribution in [1.29, 1.82) is 0 Å². The standard InChI is InChI=1S/C19H12F3N3O5S.C14H19BO4.C12H5F6N3O6S2/c1-29-18(26)11-4-2-10(3-5-11)12-6-7-23-17-16(12)13-8-15(24-9-14(13)25-17)30-31(27,28)19(20,21)22;1-13(2)14(3,4)19-15(18-13)11-8-6-10(7-9-11)12(16)17-5;13-11(14,15)28(22,23)26-7-1-2-19-10-9(7)5-3-8(20-4-6(5)21-10)27-29(24,25)12(16,17)18/h2-9H,1H3,(H,23,25);6-9H,1-5H3;1-4H,(H,19,21). The molecule has 2 N–H and O–H groups in total. The second-order valence-electron chi connectivity index (χ2n) is 17.2. The molecule has 7 heterocycles. The Balaban J connectivity index is 0.000000177. The van der Waals surface area contributed by atoms with E-state index in [0.29, 0.717) is 50.3 Å². The molecule has 1 aliphatic rings. The monoisotopic (exact) mass is 1180 g/mol. The SMILES string of the molecule is COC(=O)c1ccc(-c2ccnc3[nH]c4cnc(OS(=O)(=O)C(F)(F)F)cc4c23)cc1.COC(=O)c1ccc(B2OC(C)(C)C(C)(C)O2)cc1.O=S(=O)(Oc1cc2c(cn1)[nH]c1nccc(OS(=O)(=O)C(F)(F)F)c12)C(F)(F)F. The lowest BCUT2D eigenvalue weighted by Gasteiger charge is -2.32. The summed E-state index contributed by atoms with van der Waals surface area (Å²) < 4.78 is 214. The smallest absolute Gasteiger partial charge is 0.465 e. The van der Waals surface area contributed by atoms with Gasteiger partial charge in [-0.3, -0.25) is 0 Å². The molecule has 9 rings (SSSR count). The second kappa shape index (κ2) is 21.1. The Morgan fingerprint density at radius 1 is 0.544 bits per heavy atom. The highest BCUT2D eigenvalue weighted by molar-refractivity contribution is 7.88. The van der Waals surface area contributed by atoms with Crippen LogP contribution in [-0.4, -0.2) is 116 Å². The summed E-state index contributed by atoms with van der Waals surface area (Å²) in [5.74, 6) is -3.53. The number of ether oxygens (including phenoxy) is 2. The molecular formula is C45H36BF9N6O15S3. The molecule has 0 bridgehead atoms. The van der Waals surface area contributed by atoms with E-state index in [4.69, 9.17) is 9.31 Å². The lowest BCUT2D eigenvalue weighted by Crippen LogP contribution is -2.41. The number of benzene rings is 2. The number of hydrogen-bond donors (Lipinski definition) is 2. The summed E-state index contributed by atoms with van der Waals surface area (Å²) in [6.07, 6.45) is 4.39. The van der Waals surface area contributed by atoms with E-state index < -0.39 is 82.9 Å². The van der Waals surface area contributed by atoms with Gasteiger partial charge in [0.05, 0.1) is 65.4 Å². The molecule has 1 saturated heterocycles. The molecule has 0 spiro atoms. The molecule has 1 fully saturated rings. The number of halogens is 9. The first-order valence-corrected chi connectivity index (χ1v) is 26.0. The molecule has 0 unspecified atom stereocenters.